The molecule has 0 aromatic heterocycles. The minimum absolute atomic E-state index is 0.0362. The van der Waals surface area contributed by atoms with Crippen molar-refractivity contribution in [1.29, 1.82) is 0 Å². The van der Waals surface area contributed by atoms with Crippen LogP contribution in [0.1, 0.15) is 236 Å². The Morgan fingerprint density at radius 3 is 1.28 bits per heavy atom. The molecule has 5 saturated heterocycles. The van der Waals surface area contributed by atoms with Crippen LogP contribution in [0.5, 0.6) is 0 Å². The first-order valence-corrected chi connectivity index (χ1v) is 43.9. The van der Waals surface area contributed by atoms with Gasteiger partial charge in [0.25, 0.3) is 0 Å². The van der Waals surface area contributed by atoms with Crippen LogP contribution in [0.3, 0.4) is 0 Å². The van der Waals surface area contributed by atoms with E-state index in [1.165, 1.54) is 77.9 Å². The molecule has 0 spiro atoms. The first-order valence-electron chi connectivity index (χ1n) is 43.9. The number of rotatable bonds is 26. The summed E-state index contributed by atoms with van der Waals surface area (Å²) in [5.41, 5.74) is 5.93. The van der Waals surface area contributed by atoms with E-state index in [1.54, 1.807) is 7.11 Å². The fourth-order valence-corrected chi connectivity index (χ4v) is 20.2. The lowest BCUT2D eigenvalue weighted by Gasteiger charge is -2.38. The van der Waals surface area contributed by atoms with Gasteiger partial charge in [0.2, 0.25) is 29.5 Å². The molecule has 15 atom stereocenters. The molecule has 9 aliphatic rings. The van der Waals surface area contributed by atoms with Gasteiger partial charge >= 0.3 is 29.8 Å². The zero-order chi connectivity index (χ0) is 85.7. The van der Waals surface area contributed by atoms with Crippen molar-refractivity contribution in [3.05, 3.63) is 77.4 Å². The summed E-state index contributed by atoms with van der Waals surface area (Å²) >= 11 is 0. The van der Waals surface area contributed by atoms with Crippen molar-refractivity contribution < 1.29 is 81.1 Å². The molecular formula is C94H147N5O17. The smallest absolute Gasteiger partial charge is 0.306 e. The summed E-state index contributed by atoms with van der Waals surface area (Å²) in [4.78, 5) is 135. The Hall–Kier alpha value is -7.20. The van der Waals surface area contributed by atoms with Crippen molar-refractivity contribution in [1.82, 2.24) is 19.6 Å². The molecule has 2 aromatic carbocycles. The third-order valence-corrected chi connectivity index (χ3v) is 27.2. The highest BCUT2D eigenvalue weighted by atomic mass is 16.5. The van der Waals surface area contributed by atoms with Gasteiger partial charge < -0.3 is 57.7 Å². The van der Waals surface area contributed by atoms with Crippen molar-refractivity contribution in [2.24, 2.45) is 94.7 Å². The van der Waals surface area contributed by atoms with Gasteiger partial charge in [0.1, 0.15) is 0 Å². The summed E-state index contributed by atoms with van der Waals surface area (Å²) in [6.07, 6.45) is 17.2. The number of fused-ring (bicyclic) bond motifs is 4. The van der Waals surface area contributed by atoms with E-state index in [4.69, 9.17) is 33.2 Å². The van der Waals surface area contributed by atoms with Crippen LogP contribution < -0.4 is 4.90 Å². The van der Waals surface area contributed by atoms with Gasteiger partial charge in [-0.05, 0) is 185 Å². The van der Waals surface area contributed by atoms with Crippen LogP contribution in [0.2, 0.25) is 0 Å². The molecule has 116 heavy (non-hydrogen) atoms. The molecule has 22 nitrogen and oxygen atoms in total. The SMILES string of the molecule is C=C1C[C@@H](C(C)C)N(C(=O)[C@@H](CC(=O)OC)C(C)C)C1.COC(=O)C[C@H](C(=O)N1C2CCC[C@H]2C[C@H]1C(C)C)C1CCOCC1.COC(=O)C[C@H](C(=O)N1C2CCC[C@H]2C[C@H]1C(C)C)[C@H](C)OC.COC(=O)C[C@H](C(=O)N1CCC[C@H]1C(C)C)C1Cc2ccccc2C1.COC(=O)C[C@H](C(=O)N1c2ccccc2C[C@H]1C(C)C)C(C)C. The fourth-order valence-electron chi connectivity index (χ4n) is 20.2. The van der Waals surface area contributed by atoms with Crippen molar-refractivity contribution in [2.75, 3.05) is 73.9 Å². The van der Waals surface area contributed by atoms with E-state index >= 15 is 0 Å². The average Bonchev–Trinajstić information content (AvgIpc) is 1.62. The molecule has 6 aliphatic heterocycles. The Kier molecular flexibility index (Phi) is 37.4. The number of carbonyl (C=O) groups is 10. The third kappa shape index (κ3) is 24.5. The molecule has 650 valence electrons. The van der Waals surface area contributed by atoms with Gasteiger partial charge in [-0.15, -0.1) is 0 Å². The average molecular weight is 1620 g/mol. The van der Waals surface area contributed by atoms with E-state index in [0.29, 0.717) is 85.4 Å². The Bertz CT molecular complexity index is 3560. The Labute approximate surface area is 695 Å². The number of methoxy groups -OCH3 is 6. The van der Waals surface area contributed by atoms with Crippen LogP contribution in [-0.4, -0.2) is 196 Å². The number of carbonyl (C=O) groups excluding carboxylic acids is 10. The van der Waals surface area contributed by atoms with Gasteiger partial charge in [-0.25, -0.2) is 0 Å². The predicted octanol–water partition coefficient (Wildman–Crippen LogP) is 14.9. The lowest BCUT2D eigenvalue weighted by molar-refractivity contribution is -0.152. The summed E-state index contributed by atoms with van der Waals surface area (Å²) in [5, 5.41) is 0. The number of para-hydroxylation sites is 1. The molecule has 3 aliphatic carbocycles. The summed E-state index contributed by atoms with van der Waals surface area (Å²) in [7, 11) is 8.49. The van der Waals surface area contributed by atoms with E-state index in [0.717, 1.165) is 94.9 Å². The number of amides is 5. The van der Waals surface area contributed by atoms with Crippen LogP contribution >= 0.6 is 0 Å². The van der Waals surface area contributed by atoms with Crippen LogP contribution in [-0.2, 0) is 100 Å². The third-order valence-electron chi connectivity index (χ3n) is 27.2. The van der Waals surface area contributed by atoms with Gasteiger partial charge in [0.05, 0.1) is 103 Å². The van der Waals surface area contributed by atoms with E-state index in [-0.39, 0.29) is 163 Å². The molecule has 0 radical (unpaired) electrons. The van der Waals surface area contributed by atoms with Crippen LogP contribution in [0.25, 0.3) is 0 Å². The first kappa shape index (κ1) is 95.9. The van der Waals surface area contributed by atoms with E-state index in [1.807, 2.05) is 79.7 Å². The highest BCUT2D eigenvalue weighted by Gasteiger charge is 2.52. The molecule has 2 saturated carbocycles. The van der Waals surface area contributed by atoms with Gasteiger partial charge in [-0.1, -0.05) is 164 Å². The number of nitrogens with zero attached hydrogens (tertiary/aromatic N) is 5. The minimum atomic E-state index is -0.465. The topological polar surface area (TPSA) is 252 Å². The Morgan fingerprint density at radius 1 is 0.405 bits per heavy atom. The van der Waals surface area contributed by atoms with Crippen molar-refractivity contribution in [2.45, 2.75) is 287 Å². The second-order valence-corrected chi connectivity index (χ2v) is 36.9. The number of benzene rings is 2. The molecule has 5 amide bonds. The maximum absolute atomic E-state index is 13.6. The monoisotopic (exact) mass is 1620 g/mol. The molecule has 0 N–H and O–H groups in total. The quantitative estimate of drug-likeness (QED) is 0.0482. The zero-order valence-electron chi connectivity index (χ0n) is 74.5. The molecule has 2 aromatic rings. The maximum atomic E-state index is 13.6. The number of esters is 5. The summed E-state index contributed by atoms with van der Waals surface area (Å²) < 4.78 is 34.9. The van der Waals surface area contributed by atoms with Gasteiger partial charge in [0.15, 0.2) is 0 Å². The van der Waals surface area contributed by atoms with Crippen molar-refractivity contribution >= 4 is 65.1 Å². The largest absolute Gasteiger partial charge is 0.469 e. The lowest BCUT2D eigenvalue weighted by atomic mass is 9.82. The second kappa shape index (κ2) is 45.3. The summed E-state index contributed by atoms with van der Waals surface area (Å²) in [6, 6.07) is 18.4. The number of ether oxygens (including phenoxy) is 7. The van der Waals surface area contributed by atoms with Crippen LogP contribution in [0.4, 0.5) is 5.69 Å². The van der Waals surface area contributed by atoms with E-state index in [9.17, 15) is 47.9 Å². The molecule has 11 rings (SSSR count). The molecule has 7 fully saturated rings. The highest BCUT2D eigenvalue weighted by Crippen LogP contribution is 2.48. The van der Waals surface area contributed by atoms with E-state index < -0.39 is 5.92 Å². The summed E-state index contributed by atoms with van der Waals surface area (Å²) in [5.74, 6) is 1.30. The molecule has 0 bridgehead atoms. The van der Waals surface area contributed by atoms with Gasteiger partial charge in [0, 0.05) is 81.4 Å². The van der Waals surface area contributed by atoms with Gasteiger partial charge in [-0.3, -0.25) is 47.9 Å². The number of anilines is 1. The van der Waals surface area contributed by atoms with Crippen LogP contribution in [0, 0.1) is 94.7 Å². The van der Waals surface area contributed by atoms with Crippen molar-refractivity contribution in [3.63, 3.8) is 0 Å². The van der Waals surface area contributed by atoms with Crippen molar-refractivity contribution in [3.8, 4) is 0 Å². The number of hydrogen-bond acceptors (Lipinski definition) is 17. The Balaban J connectivity index is 0.000000201. The molecule has 2 unspecified atom stereocenters. The normalized spacial score (nSPS) is 24.4. The Morgan fingerprint density at radius 2 is 0.828 bits per heavy atom. The standard InChI is InChI=1S/C21H29NO3.C20H33NO4.C19H27NO3.C18H31NO4.C16H27NO3/c1-14(2)19-9-6-10-22(19)21(24)18(13-20(23)25-3)17-11-15-7-4-5-8-16(15)12-17;1-13(2)18-11-15-5-4-6-17(15)21(18)20(23)16(12-19(22)24-3)14-7-9-25-10-8-14;1-12(2)15(11-18(21)23-5)19(22)20-16-9-7-6-8-14(16)10-17(20)13(3)4;1-11(2)16-9-13-7-6-8-15(13)19(16)18(21)14(12(3)22-4)10-17(20)23-5;1-10(2)13(8-15(18)20-6)16(19)17-9-12(5)7-14(17)11(3)4/h4-5,7-8,14,17-19H,6,9-13H2,1-3H3;13-18H,4-12H2,1-3H3;6-9,12-13,15,17H,10-11H2,1-5H3;11-16H,6-10H2,1-5H3;10-11,13-14H,5,7-9H2,1-4,6H3/t18-,19-;15-,16-,17?,18-;15-,17-;12-,13-,14-,15?,16-;13-,14-/m00000/s1. The van der Waals surface area contributed by atoms with Gasteiger partial charge in [-0.2, -0.15) is 0 Å². The van der Waals surface area contributed by atoms with Crippen LogP contribution in [0.15, 0.2) is 60.7 Å². The maximum Gasteiger partial charge on any atom is 0.306 e. The second-order valence-electron chi connectivity index (χ2n) is 36.9. The summed E-state index contributed by atoms with van der Waals surface area (Å²) in [6.45, 7) is 38.3. The molecule has 6 heterocycles. The minimum Gasteiger partial charge on any atom is -0.469 e. The number of hydrogen-bond donors (Lipinski definition) is 0. The predicted molar refractivity (Wildman–Crippen MR) is 450 cm³/mol. The zero-order valence-corrected chi connectivity index (χ0v) is 74.5. The molecule has 22 heteroatoms. The fraction of sp³-hybridized carbons (Fsp3) is 0.745. The lowest BCUT2D eigenvalue weighted by Crippen LogP contribution is -2.49. The first-order chi connectivity index (χ1) is 55.1. The number of likely N-dealkylation sites (tertiary alicyclic amines) is 4. The molecular weight excluding hydrogens is 1470 g/mol. The highest BCUT2D eigenvalue weighted by molar-refractivity contribution is 5.99. The van der Waals surface area contributed by atoms with E-state index in [2.05, 4.69) is 104 Å².